The Bertz CT molecular complexity index is 299. The fourth-order valence-corrected chi connectivity index (χ4v) is 1.02. The van der Waals surface area contributed by atoms with Crippen molar-refractivity contribution in [2.75, 3.05) is 13.7 Å². The van der Waals surface area contributed by atoms with Gasteiger partial charge < -0.3 is 14.2 Å². The Morgan fingerprint density at radius 2 is 1.88 bits per heavy atom. The van der Waals surface area contributed by atoms with Crippen LogP contribution in [0, 0.1) is 5.41 Å². The van der Waals surface area contributed by atoms with Gasteiger partial charge in [0.2, 0.25) is 0 Å². The first-order chi connectivity index (χ1) is 7.80. The third-order valence-corrected chi connectivity index (χ3v) is 1.93. The summed E-state index contributed by atoms with van der Waals surface area (Å²) in [5.74, 6) is 0.263. The number of rotatable bonds is 6. The zero-order valence-electron chi connectivity index (χ0n) is 11.0. The van der Waals surface area contributed by atoms with E-state index in [9.17, 15) is 9.59 Å². The summed E-state index contributed by atoms with van der Waals surface area (Å²) in [6, 6.07) is 0. The van der Waals surface area contributed by atoms with Crippen LogP contribution >= 0.6 is 0 Å². The molecule has 0 aromatic rings. The van der Waals surface area contributed by atoms with Gasteiger partial charge >= 0.3 is 5.97 Å². The van der Waals surface area contributed by atoms with Crippen LogP contribution in [0.25, 0.3) is 0 Å². The van der Waals surface area contributed by atoms with Gasteiger partial charge in [-0.25, -0.2) is 0 Å². The molecule has 0 fully saturated rings. The third-order valence-electron chi connectivity index (χ3n) is 1.93. The van der Waals surface area contributed by atoms with Crippen molar-refractivity contribution in [2.24, 2.45) is 5.41 Å². The first kappa shape index (κ1) is 15.5. The van der Waals surface area contributed by atoms with Gasteiger partial charge in [0, 0.05) is 0 Å². The highest BCUT2D eigenvalue weighted by molar-refractivity contribution is 5.70. The van der Waals surface area contributed by atoms with Gasteiger partial charge in [-0.05, 0) is 12.3 Å². The topological polar surface area (TPSA) is 61.8 Å². The Labute approximate surface area is 102 Å². The van der Waals surface area contributed by atoms with Gasteiger partial charge in [-0.2, -0.15) is 0 Å². The normalized spacial score (nSPS) is 12.5. The van der Waals surface area contributed by atoms with Crippen molar-refractivity contribution >= 4 is 12.4 Å². The molecular weight excluding hydrogens is 224 g/mol. The largest absolute Gasteiger partial charge is 0.498 e. The number of allylic oxidation sites excluding steroid dienone is 1. The van der Waals surface area contributed by atoms with Crippen molar-refractivity contribution in [1.29, 1.82) is 0 Å². The maximum atomic E-state index is 11.4. The third kappa shape index (κ3) is 7.38. The fourth-order valence-electron chi connectivity index (χ4n) is 1.02. The van der Waals surface area contributed by atoms with Crippen LogP contribution in [-0.2, 0) is 23.8 Å². The molecule has 98 valence electrons. The molecule has 0 aliphatic heterocycles. The van der Waals surface area contributed by atoms with Crippen LogP contribution in [0.5, 0.6) is 0 Å². The molecule has 5 nitrogen and oxygen atoms in total. The molecule has 5 heteroatoms. The average Bonchev–Trinajstić information content (AvgIpc) is 2.20. The molecule has 0 aliphatic rings. The Morgan fingerprint density at radius 3 is 2.29 bits per heavy atom. The molecule has 0 spiro atoms. The summed E-state index contributed by atoms with van der Waals surface area (Å²) < 4.78 is 14.6. The minimum absolute atomic E-state index is 0.104. The van der Waals surface area contributed by atoms with Crippen molar-refractivity contribution in [2.45, 2.75) is 34.1 Å². The average molecular weight is 244 g/mol. The summed E-state index contributed by atoms with van der Waals surface area (Å²) in [5.41, 5.74) is -0.136. The zero-order valence-corrected chi connectivity index (χ0v) is 11.0. The van der Waals surface area contributed by atoms with Gasteiger partial charge in [-0.3, -0.25) is 9.59 Å². The van der Waals surface area contributed by atoms with E-state index >= 15 is 0 Å². The molecule has 17 heavy (non-hydrogen) atoms. The van der Waals surface area contributed by atoms with E-state index in [1.54, 1.807) is 6.92 Å². The van der Waals surface area contributed by atoms with E-state index in [0.717, 1.165) is 0 Å². The van der Waals surface area contributed by atoms with Crippen molar-refractivity contribution in [3.8, 4) is 0 Å². The molecule has 0 amide bonds. The standard InChI is InChI=1S/C12H20O5/c1-9(15-5)10(17-8-13)7-16-11(14)6-12(2,3)4/h8H,6-7H2,1-5H3/b10-9-. The summed E-state index contributed by atoms with van der Waals surface area (Å²) in [4.78, 5) is 21.7. The molecule has 0 rings (SSSR count). The number of carbonyl (C=O) groups excluding carboxylic acids is 2. The van der Waals surface area contributed by atoms with Crippen LogP contribution in [0.3, 0.4) is 0 Å². The molecule has 0 unspecified atom stereocenters. The molecule has 0 radical (unpaired) electrons. The molecular formula is C12H20O5. The van der Waals surface area contributed by atoms with Gasteiger partial charge in [0.1, 0.15) is 5.76 Å². The van der Waals surface area contributed by atoms with E-state index in [0.29, 0.717) is 12.2 Å². The predicted octanol–water partition coefficient (Wildman–Crippen LogP) is 2.02. The van der Waals surface area contributed by atoms with Gasteiger partial charge in [-0.15, -0.1) is 0 Å². The van der Waals surface area contributed by atoms with E-state index in [2.05, 4.69) is 4.74 Å². The lowest BCUT2D eigenvalue weighted by Crippen LogP contribution is -2.17. The Balaban J connectivity index is 4.33. The van der Waals surface area contributed by atoms with Crippen molar-refractivity contribution in [3.05, 3.63) is 11.5 Å². The summed E-state index contributed by atoms with van der Waals surface area (Å²) in [7, 11) is 1.44. The van der Waals surface area contributed by atoms with Gasteiger partial charge in [0.15, 0.2) is 12.4 Å². The Hall–Kier alpha value is -1.52. The van der Waals surface area contributed by atoms with Gasteiger partial charge in [0.25, 0.3) is 6.47 Å². The molecule has 0 aromatic heterocycles. The maximum absolute atomic E-state index is 11.4. The van der Waals surface area contributed by atoms with Crippen molar-refractivity contribution in [1.82, 2.24) is 0 Å². The number of carbonyl (C=O) groups is 2. The van der Waals surface area contributed by atoms with Crippen LogP contribution in [0.4, 0.5) is 0 Å². The molecule has 0 atom stereocenters. The second kappa shape index (κ2) is 6.93. The maximum Gasteiger partial charge on any atom is 0.306 e. The van der Waals surface area contributed by atoms with Gasteiger partial charge in [-0.1, -0.05) is 20.8 Å². The SMILES string of the molecule is CO/C(C)=C(/COC(=O)CC(C)(C)C)OC=O. The predicted molar refractivity (Wildman–Crippen MR) is 61.9 cm³/mol. The van der Waals surface area contributed by atoms with Crippen LogP contribution < -0.4 is 0 Å². The van der Waals surface area contributed by atoms with Crippen LogP contribution in [0.15, 0.2) is 11.5 Å². The van der Waals surface area contributed by atoms with Gasteiger partial charge in [0.05, 0.1) is 13.5 Å². The summed E-state index contributed by atoms with van der Waals surface area (Å²) in [6.07, 6.45) is 0.299. The first-order valence-corrected chi connectivity index (χ1v) is 5.30. The highest BCUT2D eigenvalue weighted by Crippen LogP contribution is 2.19. The summed E-state index contributed by atoms with van der Waals surface area (Å²) in [5, 5.41) is 0. The monoisotopic (exact) mass is 244 g/mol. The highest BCUT2D eigenvalue weighted by Gasteiger charge is 2.18. The fraction of sp³-hybridized carbons (Fsp3) is 0.667. The van der Waals surface area contributed by atoms with E-state index < -0.39 is 0 Å². The quantitative estimate of drug-likeness (QED) is 0.406. The second-order valence-corrected chi connectivity index (χ2v) is 4.80. The van der Waals surface area contributed by atoms with E-state index in [1.807, 2.05) is 20.8 Å². The minimum Gasteiger partial charge on any atom is -0.498 e. The zero-order chi connectivity index (χ0) is 13.5. The minimum atomic E-state index is -0.339. The number of methoxy groups -OCH3 is 1. The van der Waals surface area contributed by atoms with E-state index in [1.165, 1.54) is 7.11 Å². The van der Waals surface area contributed by atoms with Crippen molar-refractivity contribution < 1.29 is 23.8 Å². The lowest BCUT2D eigenvalue weighted by molar-refractivity contribution is -0.147. The number of hydrogen-bond acceptors (Lipinski definition) is 5. The van der Waals surface area contributed by atoms with Crippen LogP contribution in [0.1, 0.15) is 34.1 Å². The number of hydrogen-bond donors (Lipinski definition) is 0. The van der Waals surface area contributed by atoms with E-state index in [-0.39, 0.29) is 30.2 Å². The number of ether oxygens (including phenoxy) is 3. The second-order valence-electron chi connectivity index (χ2n) is 4.80. The Kier molecular flexibility index (Phi) is 6.31. The summed E-state index contributed by atoms with van der Waals surface area (Å²) in [6.45, 7) is 7.60. The van der Waals surface area contributed by atoms with Crippen LogP contribution in [-0.4, -0.2) is 26.2 Å². The molecule has 0 bridgehead atoms. The molecule has 0 aliphatic carbocycles. The molecule has 0 N–H and O–H groups in total. The molecule has 0 heterocycles. The van der Waals surface area contributed by atoms with E-state index in [4.69, 9.17) is 9.47 Å². The molecule has 0 aromatic carbocycles. The molecule has 0 saturated heterocycles. The first-order valence-electron chi connectivity index (χ1n) is 5.30. The van der Waals surface area contributed by atoms with Crippen molar-refractivity contribution in [3.63, 3.8) is 0 Å². The number of esters is 1. The van der Waals surface area contributed by atoms with Crippen LogP contribution in [0.2, 0.25) is 0 Å². The lowest BCUT2D eigenvalue weighted by atomic mass is 9.92. The summed E-state index contributed by atoms with van der Waals surface area (Å²) >= 11 is 0. The molecule has 0 saturated carbocycles. The lowest BCUT2D eigenvalue weighted by Gasteiger charge is -2.17. The Morgan fingerprint density at radius 1 is 1.29 bits per heavy atom. The smallest absolute Gasteiger partial charge is 0.306 e. The highest BCUT2D eigenvalue weighted by atomic mass is 16.6.